The number of nitrogens with two attached hydrogens (primary N) is 1. The van der Waals surface area contributed by atoms with Crippen molar-refractivity contribution in [2.75, 3.05) is 12.4 Å². The maximum Gasteiger partial charge on any atom is 0.132 e. The molecule has 166 valence electrons. The summed E-state index contributed by atoms with van der Waals surface area (Å²) in [6.45, 7) is 5.72. The number of benzene rings is 2. The monoisotopic (exact) mass is 429 g/mol. The molecule has 0 saturated carbocycles. The molecule has 2 aromatic rings. The average Bonchev–Trinajstić information content (AvgIpc) is 3.24. The van der Waals surface area contributed by atoms with Gasteiger partial charge in [-0.05, 0) is 66.5 Å². The number of fused-ring (bicyclic) bond motifs is 1. The van der Waals surface area contributed by atoms with Gasteiger partial charge in [-0.15, -0.1) is 0 Å². The van der Waals surface area contributed by atoms with Crippen LogP contribution in [-0.2, 0) is 13.1 Å². The van der Waals surface area contributed by atoms with Crippen molar-refractivity contribution in [1.82, 2.24) is 4.90 Å². The van der Waals surface area contributed by atoms with Crippen LogP contribution >= 0.6 is 0 Å². The van der Waals surface area contributed by atoms with Crippen molar-refractivity contribution in [2.24, 2.45) is 10.7 Å². The van der Waals surface area contributed by atoms with Crippen LogP contribution in [0.15, 0.2) is 77.7 Å². The van der Waals surface area contributed by atoms with Gasteiger partial charge < -0.3 is 26.1 Å². The number of nitrogens with one attached hydrogen (secondary N) is 2. The van der Waals surface area contributed by atoms with Gasteiger partial charge in [-0.3, -0.25) is 0 Å². The molecule has 32 heavy (non-hydrogen) atoms. The van der Waals surface area contributed by atoms with E-state index in [2.05, 4.69) is 35.3 Å². The van der Waals surface area contributed by atoms with Crippen LogP contribution in [0, 0.1) is 5.41 Å². The Hall–Kier alpha value is -3.80. The van der Waals surface area contributed by atoms with Crippen molar-refractivity contribution < 1.29 is 4.74 Å². The van der Waals surface area contributed by atoms with E-state index in [0.29, 0.717) is 5.57 Å². The maximum atomic E-state index is 7.45. The molecule has 1 aliphatic rings. The summed E-state index contributed by atoms with van der Waals surface area (Å²) in [7, 11) is 1.70. The lowest BCUT2D eigenvalue weighted by Gasteiger charge is -2.19. The number of amidine groups is 1. The third-order valence-electron chi connectivity index (χ3n) is 5.23. The predicted molar refractivity (Wildman–Crippen MR) is 134 cm³/mol. The molecule has 0 bridgehead atoms. The smallest absolute Gasteiger partial charge is 0.132 e. The predicted octanol–water partition coefficient (Wildman–Crippen LogP) is 5.30. The maximum absolute atomic E-state index is 7.45. The molecular weight excluding hydrogens is 398 g/mol. The van der Waals surface area contributed by atoms with E-state index in [4.69, 9.17) is 20.9 Å². The summed E-state index contributed by atoms with van der Waals surface area (Å²) in [5.74, 6) is 2.58. The summed E-state index contributed by atoms with van der Waals surface area (Å²) >= 11 is 0. The van der Waals surface area contributed by atoms with Gasteiger partial charge in [0.05, 0.1) is 7.11 Å². The summed E-state index contributed by atoms with van der Waals surface area (Å²) in [6.07, 6.45) is 9.67. The molecule has 0 unspecified atom stereocenters. The summed E-state index contributed by atoms with van der Waals surface area (Å²) < 4.78 is 5.38. The molecule has 2 aromatic carbocycles. The van der Waals surface area contributed by atoms with Crippen LogP contribution < -0.4 is 15.8 Å². The number of methoxy groups -OCH3 is 1. The van der Waals surface area contributed by atoms with Crippen molar-refractivity contribution >= 4 is 23.3 Å². The minimum absolute atomic E-state index is 0.678. The van der Waals surface area contributed by atoms with E-state index in [1.807, 2.05) is 49.4 Å². The largest absolute Gasteiger partial charge is 0.497 e. The minimum atomic E-state index is 0.678. The number of hydrogen-bond acceptors (Lipinski definition) is 5. The Morgan fingerprint density at radius 1 is 1.19 bits per heavy atom. The Morgan fingerprint density at radius 3 is 2.56 bits per heavy atom. The second-order valence-electron chi connectivity index (χ2n) is 7.43. The van der Waals surface area contributed by atoms with Gasteiger partial charge in [0.2, 0.25) is 0 Å². The first-order chi connectivity index (χ1) is 15.6. The fourth-order valence-corrected chi connectivity index (χ4v) is 3.60. The van der Waals surface area contributed by atoms with E-state index in [9.17, 15) is 0 Å². The molecule has 6 nitrogen and oxygen atoms in total. The summed E-state index contributed by atoms with van der Waals surface area (Å²) in [5.41, 5.74) is 10.7. The molecule has 0 atom stereocenters. The highest BCUT2D eigenvalue weighted by atomic mass is 16.5. The fourth-order valence-electron chi connectivity index (χ4n) is 3.60. The van der Waals surface area contributed by atoms with Gasteiger partial charge in [-0.2, -0.15) is 0 Å². The van der Waals surface area contributed by atoms with Crippen LogP contribution in [0.1, 0.15) is 37.0 Å². The zero-order valence-corrected chi connectivity index (χ0v) is 18.9. The standard InChI is InChI=1S/C26H31N5O/c1-4-6-25(29-23-11-8-19(9-12-23)22(15-27)16-28)30-26(7-5-2)31-17-20-10-13-24(32-3)14-21(20)18-31/h4,6-16,27H,5,17-18,28H2,1-3H3,(H,29,30)/b6-4-,22-16+,26-7-,27-15?. The fraction of sp³-hybridized carbons (Fsp3) is 0.231. The van der Waals surface area contributed by atoms with Crippen LogP contribution in [0.2, 0.25) is 0 Å². The van der Waals surface area contributed by atoms with E-state index in [1.165, 1.54) is 23.5 Å². The second-order valence-corrected chi connectivity index (χ2v) is 7.43. The lowest BCUT2D eigenvalue weighted by Crippen LogP contribution is -2.18. The number of rotatable bonds is 8. The quantitative estimate of drug-likeness (QED) is 0.393. The number of allylic oxidation sites excluding steroid dienone is 3. The first-order valence-electron chi connectivity index (χ1n) is 10.7. The Bertz CT molecular complexity index is 1060. The molecule has 0 aromatic heterocycles. The highest BCUT2D eigenvalue weighted by Gasteiger charge is 2.21. The number of nitrogens with zero attached hydrogens (tertiary/aromatic N) is 2. The van der Waals surface area contributed by atoms with Crippen LogP contribution in [0.4, 0.5) is 5.69 Å². The molecule has 3 rings (SSSR count). The average molecular weight is 430 g/mol. The van der Waals surface area contributed by atoms with Gasteiger partial charge in [-0.1, -0.05) is 31.2 Å². The van der Waals surface area contributed by atoms with Crippen LogP contribution in [-0.4, -0.2) is 24.1 Å². The zero-order chi connectivity index (χ0) is 22.9. The van der Waals surface area contributed by atoms with Crippen molar-refractivity contribution in [2.45, 2.75) is 33.4 Å². The highest BCUT2D eigenvalue weighted by Crippen LogP contribution is 2.30. The Labute approximate surface area is 190 Å². The number of ether oxygens (including phenoxy) is 1. The number of hydrogen-bond donors (Lipinski definition) is 3. The lowest BCUT2D eigenvalue weighted by molar-refractivity contribution is 0.357. The normalized spacial score (nSPS) is 14.6. The van der Waals surface area contributed by atoms with E-state index in [1.54, 1.807) is 7.11 Å². The highest BCUT2D eigenvalue weighted by molar-refractivity contribution is 6.08. The third-order valence-corrected chi connectivity index (χ3v) is 5.23. The Morgan fingerprint density at radius 2 is 1.94 bits per heavy atom. The first-order valence-corrected chi connectivity index (χ1v) is 10.7. The molecule has 0 aliphatic carbocycles. The van der Waals surface area contributed by atoms with Crippen LogP contribution in [0.3, 0.4) is 0 Å². The van der Waals surface area contributed by atoms with E-state index >= 15 is 0 Å². The SMILES string of the molecule is C\C=C/C(=N\C(=C\CC)N1Cc2ccc(OC)cc2C1)Nc1ccc(/C(C=N)=C/N)cc1. The van der Waals surface area contributed by atoms with Gasteiger partial charge in [0.25, 0.3) is 0 Å². The molecule has 4 N–H and O–H groups in total. The van der Waals surface area contributed by atoms with Gasteiger partial charge in [-0.25, -0.2) is 4.99 Å². The van der Waals surface area contributed by atoms with Crippen molar-refractivity contribution in [3.8, 4) is 5.75 Å². The second kappa shape index (κ2) is 11.0. The van der Waals surface area contributed by atoms with Gasteiger partial charge in [0, 0.05) is 36.8 Å². The molecule has 0 radical (unpaired) electrons. The number of anilines is 1. The number of aliphatic imine (C=N–C) groups is 1. The van der Waals surface area contributed by atoms with Gasteiger partial charge in [0.1, 0.15) is 17.4 Å². The van der Waals surface area contributed by atoms with Crippen molar-refractivity contribution in [1.29, 1.82) is 5.41 Å². The molecule has 0 fully saturated rings. The summed E-state index contributed by atoms with van der Waals surface area (Å²) in [5, 5.41) is 10.9. The molecule has 0 spiro atoms. The van der Waals surface area contributed by atoms with Gasteiger partial charge >= 0.3 is 0 Å². The third kappa shape index (κ3) is 5.46. The first kappa shape index (κ1) is 22.9. The van der Waals surface area contributed by atoms with Crippen LogP contribution in [0.25, 0.3) is 5.57 Å². The Kier molecular flexibility index (Phi) is 7.86. The van der Waals surface area contributed by atoms with Crippen molar-refractivity contribution in [3.63, 3.8) is 0 Å². The molecule has 1 heterocycles. The van der Waals surface area contributed by atoms with E-state index < -0.39 is 0 Å². The zero-order valence-electron chi connectivity index (χ0n) is 18.9. The van der Waals surface area contributed by atoms with E-state index in [0.717, 1.165) is 48.2 Å². The van der Waals surface area contributed by atoms with Crippen molar-refractivity contribution in [3.05, 3.63) is 89.4 Å². The minimum Gasteiger partial charge on any atom is -0.497 e. The topological polar surface area (TPSA) is 86.7 Å². The molecule has 0 amide bonds. The van der Waals surface area contributed by atoms with Gasteiger partial charge in [0.15, 0.2) is 0 Å². The van der Waals surface area contributed by atoms with Crippen LogP contribution in [0.5, 0.6) is 5.75 Å². The summed E-state index contributed by atoms with van der Waals surface area (Å²) in [4.78, 5) is 7.24. The Balaban J connectivity index is 1.82. The lowest BCUT2D eigenvalue weighted by atomic mass is 10.1. The summed E-state index contributed by atoms with van der Waals surface area (Å²) in [6, 6.07) is 14.0. The molecule has 6 heteroatoms. The van der Waals surface area contributed by atoms with E-state index in [-0.39, 0.29) is 0 Å². The molecule has 0 saturated heterocycles. The molecular formula is C26H31N5O. The molecule has 1 aliphatic heterocycles.